The van der Waals surface area contributed by atoms with E-state index in [4.69, 9.17) is 4.98 Å². The number of nitrogens with zero attached hydrogens (tertiary/aromatic N) is 6. The van der Waals surface area contributed by atoms with Crippen LogP contribution >= 0.6 is 0 Å². The van der Waals surface area contributed by atoms with E-state index in [1.807, 2.05) is 17.8 Å². The molecule has 0 bridgehead atoms. The van der Waals surface area contributed by atoms with Crippen LogP contribution in [0.1, 0.15) is 24.6 Å². The highest BCUT2D eigenvalue weighted by Crippen LogP contribution is 2.32. The first-order chi connectivity index (χ1) is 14.1. The monoisotopic (exact) mass is 395 g/mol. The molecule has 9 heteroatoms. The number of benzene rings is 1. The van der Waals surface area contributed by atoms with Gasteiger partial charge in [0.05, 0.1) is 17.3 Å². The number of hydrogen-bond acceptors (Lipinski definition) is 5. The summed E-state index contributed by atoms with van der Waals surface area (Å²) in [5.41, 5.74) is 1.96. The Morgan fingerprint density at radius 2 is 1.93 bits per heavy atom. The normalized spacial score (nSPS) is 15.3. The molecule has 0 aliphatic carbocycles. The van der Waals surface area contributed by atoms with Crippen LogP contribution in [0.25, 0.3) is 22.3 Å². The Kier molecular flexibility index (Phi) is 4.22. The molecular formula is C20H19F2N7. The van der Waals surface area contributed by atoms with Crippen LogP contribution in [0, 0.1) is 11.6 Å². The van der Waals surface area contributed by atoms with E-state index in [0.717, 1.165) is 54.7 Å². The van der Waals surface area contributed by atoms with Crippen molar-refractivity contribution in [3.05, 3.63) is 54.4 Å². The molecule has 148 valence electrons. The van der Waals surface area contributed by atoms with Gasteiger partial charge in [-0.15, -0.1) is 0 Å². The van der Waals surface area contributed by atoms with Crippen LogP contribution in [0.2, 0.25) is 0 Å². The lowest BCUT2D eigenvalue weighted by atomic mass is 9.96. The third-order valence-electron chi connectivity index (χ3n) is 5.51. The summed E-state index contributed by atoms with van der Waals surface area (Å²) in [5.74, 6) is 0.425. The summed E-state index contributed by atoms with van der Waals surface area (Å²) < 4.78 is 28.8. The Bertz CT molecular complexity index is 1170. The molecule has 3 aromatic heterocycles. The van der Waals surface area contributed by atoms with Gasteiger partial charge in [-0.25, -0.2) is 23.7 Å². The first kappa shape index (κ1) is 17.7. The molecular weight excluding hydrogens is 376 g/mol. The van der Waals surface area contributed by atoms with Gasteiger partial charge in [0.1, 0.15) is 18.0 Å². The molecule has 0 spiro atoms. The van der Waals surface area contributed by atoms with E-state index < -0.39 is 11.6 Å². The molecule has 7 nitrogen and oxygen atoms in total. The summed E-state index contributed by atoms with van der Waals surface area (Å²) in [6.07, 6.45) is 7.02. The molecule has 1 fully saturated rings. The van der Waals surface area contributed by atoms with Crippen molar-refractivity contribution in [3.63, 3.8) is 0 Å². The fraction of sp³-hybridized carbons (Fsp3) is 0.300. The summed E-state index contributed by atoms with van der Waals surface area (Å²) in [7, 11) is 1.94. The molecule has 1 N–H and O–H groups in total. The van der Waals surface area contributed by atoms with Crippen molar-refractivity contribution in [1.82, 2.24) is 29.7 Å². The zero-order valence-electron chi connectivity index (χ0n) is 15.8. The molecule has 4 aromatic rings. The minimum Gasteiger partial charge on any atom is -0.356 e. The predicted octanol–water partition coefficient (Wildman–Crippen LogP) is 3.42. The number of anilines is 1. The van der Waals surface area contributed by atoms with Crippen molar-refractivity contribution in [1.29, 1.82) is 0 Å². The highest BCUT2D eigenvalue weighted by Gasteiger charge is 2.26. The number of rotatable bonds is 3. The number of aromatic amines is 1. The topological polar surface area (TPSA) is 75.5 Å². The first-order valence-electron chi connectivity index (χ1n) is 9.48. The first-order valence-corrected chi connectivity index (χ1v) is 9.48. The predicted molar refractivity (Wildman–Crippen MR) is 104 cm³/mol. The second-order valence-electron chi connectivity index (χ2n) is 7.32. The second-order valence-corrected chi connectivity index (χ2v) is 7.32. The van der Waals surface area contributed by atoms with Crippen molar-refractivity contribution in [3.8, 4) is 11.3 Å². The summed E-state index contributed by atoms with van der Waals surface area (Å²) in [6.45, 7) is 1.69. The fourth-order valence-corrected chi connectivity index (χ4v) is 4.01. The Hall–Kier alpha value is -3.36. The van der Waals surface area contributed by atoms with Gasteiger partial charge in [0.15, 0.2) is 17.3 Å². The third-order valence-corrected chi connectivity index (χ3v) is 5.51. The maximum Gasteiger partial charge on any atom is 0.160 e. The lowest BCUT2D eigenvalue weighted by Crippen LogP contribution is -2.34. The van der Waals surface area contributed by atoms with Crippen LogP contribution in [0.4, 0.5) is 14.6 Å². The van der Waals surface area contributed by atoms with Crippen LogP contribution in [-0.2, 0) is 7.05 Å². The Morgan fingerprint density at radius 3 is 2.72 bits per heavy atom. The number of hydrogen-bond donors (Lipinski definition) is 1. The summed E-state index contributed by atoms with van der Waals surface area (Å²) >= 11 is 0. The molecule has 1 aliphatic rings. The Morgan fingerprint density at radius 1 is 1.10 bits per heavy atom. The van der Waals surface area contributed by atoms with Crippen molar-refractivity contribution >= 4 is 16.9 Å². The number of imidazole rings is 1. The lowest BCUT2D eigenvalue weighted by Gasteiger charge is -2.32. The summed E-state index contributed by atoms with van der Waals surface area (Å²) in [5, 5.41) is 7.85. The van der Waals surface area contributed by atoms with E-state index in [-0.39, 0.29) is 5.92 Å². The smallest absolute Gasteiger partial charge is 0.160 e. The SMILES string of the molecule is Cn1cc(-c2ccc(F)c(F)c2)nc1C1CCN(c2ncnc3[nH]ncc23)CC1. The third kappa shape index (κ3) is 3.12. The van der Waals surface area contributed by atoms with E-state index in [1.54, 1.807) is 18.6 Å². The van der Waals surface area contributed by atoms with Gasteiger partial charge in [-0.3, -0.25) is 5.10 Å². The summed E-state index contributed by atoms with van der Waals surface area (Å²) in [4.78, 5) is 15.6. The number of fused-ring (bicyclic) bond motifs is 1. The van der Waals surface area contributed by atoms with Gasteiger partial charge in [-0.1, -0.05) is 0 Å². The highest BCUT2D eigenvalue weighted by atomic mass is 19.2. The Labute approximate surface area is 165 Å². The Balaban J connectivity index is 1.35. The molecule has 0 radical (unpaired) electrons. The number of halogens is 2. The van der Waals surface area contributed by atoms with Crippen molar-refractivity contribution in [2.45, 2.75) is 18.8 Å². The second kappa shape index (κ2) is 6.91. The van der Waals surface area contributed by atoms with Crippen LogP contribution in [0.3, 0.4) is 0 Å². The molecule has 0 amide bonds. The fourth-order valence-electron chi connectivity index (χ4n) is 4.01. The maximum absolute atomic E-state index is 13.6. The summed E-state index contributed by atoms with van der Waals surface area (Å²) in [6, 6.07) is 3.88. The van der Waals surface area contributed by atoms with Crippen LogP contribution < -0.4 is 4.90 Å². The molecule has 29 heavy (non-hydrogen) atoms. The number of nitrogens with one attached hydrogen (secondary N) is 1. The minimum absolute atomic E-state index is 0.289. The van der Waals surface area contributed by atoms with Gasteiger partial charge in [-0.05, 0) is 31.0 Å². The number of H-pyrrole nitrogens is 1. The van der Waals surface area contributed by atoms with E-state index in [1.165, 1.54) is 6.07 Å². The molecule has 0 atom stereocenters. The van der Waals surface area contributed by atoms with Gasteiger partial charge >= 0.3 is 0 Å². The van der Waals surface area contributed by atoms with Gasteiger partial charge in [0, 0.05) is 37.8 Å². The van der Waals surface area contributed by atoms with Crippen LogP contribution in [0.15, 0.2) is 36.9 Å². The zero-order chi connectivity index (χ0) is 20.0. The lowest BCUT2D eigenvalue weighted by molar-refractivity contribution is 0.474. The maximum atomic E-state index is 13.6. The van der Waals surface area contributed by atoms with Crippen molar-refractivity contribution in [2.75, 3.05) is 18.0 Å². The van der Waals surface area contributed by atoms with Gasteiger partial charge in [0.2, 0.25) is 0 Å². The number of aromatic nitrogens is 6. The van der Waals surface area contributed by atoms with E-state index >= 15 is 0 Å². The minimum atomic E-state index is -0.863. The molecule has 1 saturated heterocycles. The van der Waals surface area contributed by atoms with Gasteiger partial charge in [-0.2, -0.15) is 5.10 Å². The van der Waals surface area contributed by atoms with Crippen molar-refractivity contribution in [2.24, 2.45) is 7.05 Å². The zero-order valence-corrected chi connectivity index (χ0v) is 15.8. The van der Waals surface area contributed by atoms with E-state index in [0.29, 0.717) is 11.3 Å². The average Bonchev–Trinajstić information content (AvgIpc) is 3.37. The number of aryl methyl sites for hydroxylation is 1. The molecule has 1 aromatic carbocycles. The molecule has 1 aliphatic heterocycles. The van der Waals surface area contributed by atoms with Gasteiger partial charge in [0.25, 0.3) is 0 Å². The van der Waals surface area contributed by atoms with Gasteiger partial charge < -0.3 is 9.47 Å². The average molecular weight is 395 g/mol. The van der Waals surface area contributed by atoms with Crippen LogP contribution in [0.5, 0.6) is 0 Å². The highest BCUT2D eigenvalue weighted by molar-refractivity contribution is 5.86. The van der Waals surface area contributed by atoms with E-state index in [2.05, 4.69) is 25.1 Å². The molecule has 5 rings (SSSR count). The van der Waals surface area contributed by atoms with Crippen LogP contribution in [-0.4, -0.2) is 42.8 Å². The van der Waals surface area contributed by atoms with E-state index in [9.17, 15) is 8.78 Å². The molecule has 0 unspecified atom stereocenters. The molecule has 0 saturated carbocycles. The number of piperidine rings is 1. The molecule has 4 heterocycles. The standard InChI is InChI=1S/C20H19F2N7/c1-28-10-17(13-2-3-15(21)16(22)8-13)26-19(28)12-4-6-29(7-5-12)20-14-9-25-27-18(14)23-11-24-20/h2-3,8-12H,4-7H2,1H3,(H,23,24,25,27). The quantitative estimate of drug-likeness (QED) is 0.575. The largest absolute Gasteiger partial charge is 0.356 e. The van der Waals surface area contributed by atoms with Crippen molar-refractivity contribution < 1.29 is 8.78 Å².